The summed E-state index contributed by atoms with van der Waals surface area (Å²) in [5.41, 5.74) is 0.399. The van der Waals surface area contributed by atoms with Gasteiger partial charge in [0.2, 0.25) is 0 Å². The van der Waals surface area contributed by atoms with Crippen molar-refractivity contribution in [3.8, 4) is 0 Å². The van der Waals surface area contributed by atoms with E-state index in [4.69, 9.17) is 9.47 Å². The number of nitrogens with one attached hydrogen (secondary N) is 1. The quantitative estimate of drug-likeness (QED) is 0.826. The molecule has 1 N–H and O–H groups in total. The van der Waals surface area contributed by atoms with Crippen LogP contribution in [0.2, 0.25) is 0 Å². The molecule has 134 valence electrons. The van der Waals surface area contributed by atoms with Crippen LogP contribution >= 0.6 is 0 Å². The van der Waals surface area contributed by atoms with E-state index in [1.807, 2.05) is 37.3 Å². The molecule has 0 saturated carbocycles. The number of amides is 2. The molecule has 0 bridgehead atoms. The average Bonchev–Trinajstić information content (AvgIpc) is 2.51. The Labute approximate surface area is 144 Å². The average molecular weight is 336 g/mol. The molecule has 1 aromatic rings. The van der Waals surface area contributed by atoms with Crippen molar-refractivity contribution in [2.45, 2.75) is 46.3 Å². The van der Waals surface area contributed by atoms with Crippen molar-refractivity contribution in [2.24, 2.45) is 0 Å². The lowest BCUT2D eigenvalue weighted by Gasteiger charge is -2.23. The fourth-order valence-electron chi connectivity index (χ4n) is 1.98. The predicted octanol–water partition coefficient (Wildman–Crippen LogP) is 3.56. The first-order valence-electron chi connectivity index (χ1n) is 8.24. The van der Waals surface area contributed by atoms with E-state index in [0.717, 1.165) is 12.0 Å². The third kappa shape index (κ3) is 8.41. The van der Waals surface area contributed by atoms with Crippen LogP contribution in [0, 0.1) is 0 Å². The Balaban J connectivity index is 2.39. The van der Waals surface area contributed by atoms with Crippen LogP contribution in [-0.4, -0.2) is 42.3 Å². The summed E-state index contributed by atoms with van der Waals surface area (Å²) in [6.45, 7) is 8.89. The van der Waals surface area contributed by atoms with E-state index in [-0.39, 0.29) is 12.7 Å². The molecule has 0 aliphatic rings. The number of carbonyl (C=O) groups is 2. The minimum atomic E-state index is -0.540. The van der Waals surface area contributed by atoms with Gasteiger partial charge in [-0.15, -0.1) is 0 Å². The molecule has 0 unspecified atom stereocenters. The molecule has 2 amide bonds. The summed E-state index contributed by atoms with van der Waals surface area (Å²) in [5.74, 6) is 0. The molecule has 0 saturated heterocycles. The highest BCUT2D eigenvalue weighted by Crippen LogP contribution is 2.06. The van der Waals surface area contributed by atoms with Gasteiger partial charge in [-0.3, -0.25) is 0 Å². The third-order valence-corrected chi connectivity index (χ3v) is 3.01. The summed E-state index contributed by atoms with van der Waals surface area (Å²) in [6, 6.07) is 9.52. The highest BCUT2D eigenvalue weighted by molar-refractivity contribution is 5.69. The largest absolute Gasteiger partial charge is 0.445 e. The van der Waals surface area contributed by atoms with Crippen LogP contribution in [0.3, 0.4) is 0 Å². The fourth-order valence-corrected chi connectivity index (χ4v) is 1.98. The molecular weight excluding hydrogens is 308 g/mol. The lowest BCUT2D eigenvalue weighted by Crippen LogP contribution is -2.40. The first-order chi connectivity index (χ1) is 11.3. The zero-order chi connectivity index (χ0) is 18.0. The molecule has 0 aliphatic heterocycles. The summed E-state index contributed by atoms with van der Waals surface area (Å²) >= 11 is 0. The predicted molar refractivity (Wildman–Crippen MR) is 92.7 cm³/mol. The monoisotopic (exact) mass is 336 g/mol. The normalized spacial score (nSPS) is 10.8. The maximum atomic E-state index is 12.2. The molecule has 0 aromatic heterocycles. The lowest BCUT2D eigenvalue weighted by molar-refractivity contribution is 0.0515. The molecule has 1 rings (SSSR count). The smallest absolute Gasteiger partial charge is 0.410 e. The number of benzene rings is 1. The summed E-state index contributed by atoms with van der Waals surface area (Å²) < 4.78 is 10.5. The van der Waals surface area contributed by atoms with E-state index in [1.165, 1.54) is 0 Å². The standard InChI is InChI=1S/C18H28N2O4/c1-5-12-20(13-11-19-16(21)24-18(2,3)4)17(22)23-14-15-9-7-6-8-10-15/h6-10H,5,11-14H2,1-4H3,(H,19,21). The molecule has 0 atom stereocenters. The number of rotatable bonds is 7. The van der Waals surface area contributed by atoms with Gasteiger partial charge in [0.15, 0.2) is 0 Å². The zero-order valence-electron chi connectivity index (χ0n) is 15.0. The maximum absolute atomic E-state index is 12.2. The second-order valence-corrected chi connectivity index (χ2v) is 6.46. The molecule has 0 aliphatic carbocycles. The highest BCUT2D eigenvalue weighted by Gasteiger charge is 2.17. The van der Waals surface area contributed by atoms with Gasteiger partial charge in [-0.25, -0.2) is 9.59 Å². The van der Waals surface area contributed by atoms with Gasteiger partial charge in [-0.2, -0.15) is 0 Å². The van der Waals surface area contributed by atoms with Gasteiger partial charge in [0, 0.05) is 19.6 Å². The van der Waals surface area contributed by atoms with Crippen molar-refractivity contribution < 1.29 is 19.1 Å². The Morgan fingerprint density at radius 3 is 2.38 bits per heavy atom. The Morgan fingerprint density at radius 2 is 1.79 bits per heavy atom. The van der Waals surface area contributed by atoms with Crippen molar-refractivity contribution in [2.75, 3.05) is 19.6 Å². The van der Waals surface area contributed by atoms with Crippen LogP contribution < -0.4 is 5.32 Å². The third-order valence-electron chi connectivity index (χ3n) is 3.01. The Kier molecular flexibility index (Phi) is 8.09. The maximum Gasteiger partial charge on any atom is 0.410 e. The van der Waals surface area contributed by atoms with Gasteiger partial charge >= 0.3 is 12.2 Å². The Morgan fingerprint density at radius 1 is 1.12 bits per heavy atom. The van der Waals surface area contributed by atoms with Gasteiger partial charge in [0.25, 0.3) is 0 Å². The van der Waals surface area contributed by atoms with Crippen molar-refractivity contribution in [3.05, 3.63) is 35.9 Å². The van der Waals surface area contributed by atoms with E-state index in [1.54, 1.807) is 25.7 Å². The van der Waals surface area contributed by atoms with Crippen LogP contribution in [0.5, 0.6) is 0 Å². The molecular formula is C18H28N2O4. The second kappa shape index (κ2) is 9.80. The lowest BCUT2D eigenvalue weighted by atomic mass is 10.2. The highest BCUT2D eigenvalue weighted by atomic mass is 16.6. The van der Waals surface area contributed by atoms with E-state index < -0.39 is 11.7 Å². The number of hydrogen-bond acceptors (Lipinski definition) is 4. The van der Waals surface area contributed by atoms with Crippen molar-refractivity contribution in [1.29, 1.82) is 0 Å². The first kappa shape index (κ1) is 19.8. The summed E-state index contributed by atoms with van der Waals surface area (Å²) in [6.07, 6.45) is -0.0596. The van der Waals surface area contributed by atoms with Crippen LogP contribution in [0.1, 0.15) is 39.7 Å². The molecule has 0 spiro atoms. The van der Waals surface area contributed by atoms with Gasteiger partial charge in [0.1, 0.15) is 12.2 Å². The Hall–Kier alpha value is -2.24. The van der Waals surface area contributed by atoms with E-state index in [2.05, 4.69) is 5.32 Å². The minimum Gasteiger partial charge on any atom is -0.445 e. The minimum absolute atomic E-state index is 0.235. The van der Waals surface area contributed by atoms with Gasteiger partial charge in [-0.05, 0) is 32.8 Å². The molecule has 6 nitrogen and oxygen atoms in total. The van der Waals surface area contributed by atoms with E-state index >= 15 is 0 Å². The fraction of sp³-hybridized carbons (Fsp3) is 0.556. The molecule has 0 radical (unpaired) electrons. The van der Waals surface area contributed by atoms with E-state index in [9.17, 15) is 9.59 Å². The number of alkyl carbamates (subject to hydrolysis) is 1. The summed E-state index contributed by atoms with van der Waals surface area (Å²) in [5, 5.41) is 2.65. The summed E-state index contributed by atoms with van der Waals surface area (Å²) in [4.78, 5) is 25.4. The molecule has 1 aromatic carbocycles. The topological polar surface area (TPSA) is 67.9 Å². The second-order valence-electron chi connectivity index (χ2n) is 6.46. The SMILES string of the molecule is CCCN(CCNC(=O)OC(C)(C)C)C(=O)OCc1ccccc1. The molecule has 24 heavy (non-hydrogen) atoms. The van der Waals surface area contributed by atoms with Crippen LogP contribution in [0.25, 0.3) is 0 Å². The number of ether oxygens (including phenoxy) is 2. The van der Waals surface area contributed by atoms with Crippen LogP contribution in [0.15, 0.2) is 30.3 Å². The van der Waals surface area contributed by atoms with Gasteiger partial charge in [0.05, 0.1) is 0 Å². The van der Waals surface area contributed by atoms with Crippen molar-refractivity contribution >= 4 is 12.2 Å². The van der Waals surface area contributed by atoms with Crippen LogP contribution in [0.4, 0.5) is 9.59 Å². The molecule has 6 heteroatoms. The first-order valence-corrected chi connectivity index (χ1v) is 8.24. The molecule has 0 fully saturated rings. The van der Waals surface area contributed by atoms with Gasteiger partial charge in [-0.1, -0.05) is 37.3 Å². The Bertz CT molecular complexity index is 512. The summed E-state index contributed by atoms with van der Waals surface area (Å²) in [7, 11) is 0. The van der Waals surface area contributed by atoms with Gasteiger partial charge < -0.3 is 19.7 Å². The van der Waals surface area contributed by atoms with E-state index in [0.29, 0.717) is 19.6 Å². The number of nitrogens with zero attached hydrogens (tertiary/aromatic N) is 1. The number of carbonyl (C=O) groups excluding carboxylic acids is 2. The van der Waals surface area contributed by atoms with Crippen molar-refractivity contribution in [3.63, 3.8) is 0 Å². The molecule has 0 heterocycles. The van der Waals surface area contributed by atoms with Crippen molar-refractivity contribution in [1.82, 2.24) is 10.2 Å². The number of hydrogen-bond donors (Lipinski definition) is 1. The van der Waals surface area contributed by atoms with Crippen LogP contribution in [-0.2, 0) is 16.1 Å². The zero-order valence-corrected chi connectivity index (χ0v) is 15.0.